The molecule has 0 radical (unpaired) electrons. The Morgan fingerprint density at radius 1 is 0.508 bits per heavy atom. The number of carboxylic acid groups (broad SMARTS) is 2. The van der Waals surface area contributed by atoms with E-state index < -0.39 is 24.5 Å². The maximum Gasteiger partial charge on any atom is 0.323 e. The van der Waals surface area contributed by atoms with E-state index in [4.69, 9.17) is 37.9 Å². The number of unbranched alkanes of at least 4 members (excludes halogenated alkanes) is 10. The van der Waals surface area contributed by atoms with Crippen molar-refractivity contribution in [3.63, 3.8) is 0 Å². The molecule has 0 amide bonds. The van der Waals surface area contributed by atoms with Crippen LogP contribution in [0.4, 0.5) is 11.4 Å². The third kappa shape index (κ3) is 24.3. The lowest BCUT2D eigenvalue weighted by Gasteiger charge is -2.29. The summed E-state index contributed by atoms with van der Waals surface area (Å²) >= 11 is 0. The molecule has 14 heteroatoms. The molecule has 59 heavy (non-hydrogen) atoms. The van der Waals surface area contributed by atoms with Gasteiger partial charge in [0.25, 0.3) is 0 Å². The Morgan fingerprint density at radius 2 is 0.915 bits per heavy atom. The number of rotatable bonds is 40. The second-order valence-electron chi connectivity index (χ2n) is 14.4. The Bertz CT molecular complexity index is 1350. The molecule has 0 saturated heterocycles. The molecule has 0 saturated carbocycles. The van der Waals surface area contributed by atoms with Crippen molar-refractivity contribution in [2.45, 2.75) is 110 Å². The minimum atomic E-state index is -1.02. The van der Waals surface area contributed by atoms with Crippen LogP contribution in [0.25, 0.3) is 0 Å². The van der Waals surface area contributed by atoms with Gasteiger partial charge in [0.1, 0.15) is 37.8 Å². The molecule has 14 nitrogen and oxygen atoms in total. The topological polar surface area (TPSA) is 155 Å². The smallest absolute Gasteiger partial charge is 0.323 e. The van der Waals surface area contributed by atoms with E-state index in [1.54, 1.807) is 40.1 Å². The SMILES string of the molecule is CCCCCCCCOCCCOC(CN(CC(=O)O)c1ccccc1OCCOc1ccccc1N(CC(=O)O)CC(OC)OCCOCCCCCCCC)OC. The van der Waals surface area contributed by atoms with Crippen LogP contribution in [0.2, 0.25) is 0 Å². The molecule has 0 spiro atoms. The number of anilines is 2. The second-order valence-corrected chi connectivity index (χ2v) is 14.4. The van der Waals surface area contributed by atoms with Gasteiger partial charge in [0.2, 0.25) is 0 Å². The molecular formula is C45H74N2O12. The normalized spacial score (nSPS) is 12.3. The van der Waals surface area contributed by atoms with Crippen molar-refractivity contribution in [2.75, 3.05) is 103 Å². The molecule has 0 aromatic heterocycles. The van der Waals surface area contributed by atoms with Crippen molar-refractivity contribution in [2.24, 2.45) is 0 Å². The summed E-state index contributed by atoms with van der Waals surface area (Å²) in [4.78, 5) is 27.2. The average Bonchev–Trinajstić information content (AvgIpc) is 3.23. The molecular weight excluding hydrogens is 760 g/mol. The van der Waals surface area contributed by atoms with Crippen molar-refractivity contribution < 1.29 is 57.7 Å². The summed E-state index contributed by atoms with van der Waals surface area (Å²) in [5, 5.41) is 19.6. The summed E-state index contributed by atoms with van der Waals surface area (Å²) in [6, 6.07) is 14.3. The summed E-state index contributed by atoms with van der Waals surface area (Å²) < 4.78 is 46.8. The van der Waals surface area contributed by atoms with E-state index in [0.717, 1.165) is 25.9 Å². The first-order valence-electron chi connectivity index (χ1n) is 21.6. The van der Waals surface area contributed by atoms with Gasteiger partial charge >= 0.3 is 11.9 Å². The largest absolute Gasteiger partial charge is 0.488 e. The Hall–Kier alpha value is -3.66. The number of hydrogen-bond acceptors (Lipinski definition) is 12. The number of hydrogen-bond donors (Lipinski definition) is 2. The fourth-order valence-electron chi connectivity index (χ4n) is 6.34. The number of para-hydroxylation sites is 4. The monoisotopic (exact) mass is 835 g/mol. The first-order chi connectivity index (χ1) is 28.8. The van der Waals surface area contributed by atoms with E-state index in [1.165, 1.54) is 72.0 Å². The fraction of sp³-hybridized carbons (Fsp3) is 0.689. The number of methoxy groups -OCH3 is 2. The number of ether oxygens (including phenoxy) is 8. The van der Waals surface area contributed by atoms with Crippen LogP contribution in [0.5, 0.6) is 11.5 Å². The minimum Gasteiger partial charge on any atom is -0.488 e. The molecule has 0 aliphatic rings. The highest BCUT2D eigenvalue weighted by molar-refractivity contribution is 5.76. The Balaban J connectivity index is 1.93. The van der Waals surface area contributed by atoms with Gasteiger partial charge in [-0.15, -0.1) is 0 Å². The van der Waals surface area contributed by atoms with Gasteiger partial charge in [0.05, 0.1) is 44.3 Å². The van der Waals surface area contributed by atoms with E-state index in [9.17, 15) is 19.8 Å². The average molecular weight is 835 g/mol. The van der Waals surface area contributed by atoms with E-state index in [1.807, 2.05) is 18.2 Å². The van der Waals surface area contributed by atoms with E-state index in [0.29, 0.717) is 62.3 Å². The van der Waals surface area contributed by atoms with E-state index >= 15 is 0 Å². The highest BCUT2D eigenvalue weighted by Crippen LogP contribution is 2.30. The number of nitrogens with zero attached hydrogens (tertiary/aromatic N) is 2. The standard InChI is InChI=1S/C45H74N2O12/c1-5-7-9-11-13-19-26-54-28-21-29-58-44(52-3)36-46(34-42(48)49)38-22-15-17-24-40(38)56-32-33-57-41-25-18-16-23-39(41)47(35-43(50)51)37-45(53-4)59-31-30-55-27-20-14-12-10-8-6-2/h15-18,22-25,44-45H,5-14,19-21,26-37H2,1-4H3,(H,48,49)(H,50,51). The molecule has 2 rings (SSSR count). The van der Waals surface area contributed by atoms with E-state index in [-0.39, 0.29) is 39.4 Å². The van der Waals surface area contributed by atoms with E-state index in [2.05, 4.69) is 13.8 Å². The van der Waals surface area contributed by atoms with Crippen LogP contribution < -0.4 is 19.3 Å². The van der Waals surface area contributed by atoms with Crippen LogP contribution in [0, 0.1) is 0 Å². The molecule has 0 heterocycles. The predicted octanol–water partition coefficient (Wildman–Crippen LogP) is 8.05. The zero-order valence-electron chi connectivity index (χ0n) is 36.3. The second kappa shape index (κ2) is 34.1. The summed E-state index contributed by atoms with van der Waals surface area (Å²) in [6.45, 7) is 7.50. The summed E-state index contributed by atoms with van der Waals surface area (Å²) in [5.74, 6) is -1.10. The lowest BCUT2D eigenvalue weighted by molar-refractivity contribution is -0.138. The third-order valence-electron chi connectivity index (χ3n) is 9.48. The zero-order valence-corrected chi connectivity index (χ0v) is 36.3. The van der Waals surface area contributed by atoms with Crippen LogP contribution in [-0.4, -0.2) is 128 Å². The highest BCUT2D eigenvalue weighted by Gasteiger charge is 2.22. The molecule has 0 aliphatic heterocycles. The van der Waals surface area contributed by atoms with Crippen molar-refractivity contribution in [1.29, 1.82) is 0 Å². The molecule has 2 unspecified atom stereocenters. The molecule has 0 bridgehead atoms. The van der Waals surface area contributed by atoms with Gasteiger partial charge in [-0.3, -0.25) is 9.59 Å². The minimum absolute atomic E-state index is 0.121. The van der Waals surface area contributed by atoms with Gasteiger partial charge in [-0.2, -0.15) is 0 Å². The molecule has 0 fully saturated rings. The highest BCUT2D eigenvalue weighted by atomic mass is 16.7. The fourth-order valence-corrected chi connectivity index (χ4v) is 6.34. The third-order valence-corrected chi connectivity index (χ3v) is 9.48. The number of carboxylic acids is 2. The zero-order chi connectivity index (χ0) is 42.8. The maximum atomic E-state index is 12.0. The van der Waals surface area contributed by atoms with Gasteiger partial charge in [-0.05, 0) is 43.5 Å². The molecule has 2 aromatic rings. The van der Waals surface area contributed by atoms with Gasteiger partial charge in [0.15, 0.2) is 12.6 Å². The van der Waals surface area contributed by atoms with Crippen LogP contribution in [0.1, 0.15) is 97.3 Å². The maximum absolute atomic E-state index is 12.0. The number of benzene rings is 2. The molecule has 336 valence electrons. The summed E-state index contributed by atoms with van der Waals surface area (Å²) in [6.07, 6.45) is 13.8. The number of aliphatic carboxylic acids is 2. The molecule has 2 atom stereocenters. The lowest BCUT2D eigenvalue weighted by Crippen LogP contribution is -2.39. The van der Waals surface area contributed by atoms with Crippen molar-refractivity contribution in [3.8, 4) is 11.5 Å². The van der Waals surface area contributed by atoms with Gasteiger partial charge < -0.3 is 57.9 Å². The summed E-state index contributed by atoms with van der Waals surface area (Å²) in [7, 11) is 3.05. The van der Waals surface area contributed by atoms with Crippen LogP contribution in [0.15, 0.2) is 48.5 Å². The predicted molar refractivity (Wildman–Crippen MR) is 230 cm³/mol. The molecule has 2 N–H and O–H groups in total. The quantitative estimate of drug-likeness (QED) is 0.0491. The van der Waals surface area contributed by atoms with Gasteiger partial charge in [-0.25, -0.2) is 0 Å². The van der Waals surface area contributed by atoms with Crippen LogP contribution >= 0.6 is 0 Å². The van der Waals surface area contributed by atoms with Crippen LogP contribution in [-0.2, 0) is 38.0 Å². The van der Waals surface area contributed by atoms with Crippen molar-refractivity contribution >= 4 is 23.3 Å². The Morgan fingerprint density at radius 3 is 1.37 bits per heavy atom. The van der Waals surface area contributed by atoms with Crippen molar-refractivity contribution in [3.05, 3.63) is 48.5 Å². The summed E-state index contributed by atoms with van der Waals surface area (Å²) in [5.41, 5.74) is 1.12. The first kappa shape index (κ1) is 51.5. The Labute approximate surface area is 353 Å². The van der Waals surface area contributed by atoms with Gasteiger partial charge in [-0.1, -0.05) is 102 Å². The first-order valence-corrected chi connectivity index (χ1v) is 21.6. The lowest BCUT2D eigenvalue weighted by atomic mass is 10.1. The molecule has 2 aromatic carbocycles. The van der Waals surface area contributed by atoms with Gasteiger partial charge in [0, 0.05) is 34.0 Å². The van der Waals surface area contributed by atoms with Crippen LogP contribution in [0.3, 0.4) is 0 Å². The van der Waals surface area contributed by atoms with Crippen molar-refractivity contribution in [1.82, 2.24) is 0 Å². The molecule has 0 aliphatic carbocycles. The number of carbonyl (C=O) groups is 2. The Kier molecular flexibility index (Phi) is 29.7.